The normalized spacial score (nSPS) is 16.3. The molecule has 9 nitrogen and oxygen atoms in total. The Morgan fingerprint density at radius 1 is 1.33 bits per heavy atom. The Balaban J connectivity index is 1.41. The van der Waals surface area contributed by atoms with Crippen molar-refractivity contribution in [3.05, 3.63) is 59.6 Å². The molecule has 0 radical (unpaired) electrons. The molecule has 3 N–H and O–H groups in total. The molecule has 0 saturated heterocycles. The first kappa shape index (κ1) is 17.0. The van der Waals surface area contributed by atoms with Crippen LogP contribution in [0.5, 0.6) is 0 Å². The zero-order valence-electron chi connectivity index (χ0n) is 14.8. The van der Waals surface area contributed by atoms with Gasteiger partial charge in [0.2, 0.25) is 11.7 Å². The average molecular weight is 365 g/mol. The van der Waals surface area contributed by atoms with E-state index in [9.17, 15) is 9.59 Å². The number of imidazole rings is 1. The van der Waals surface area contributed by atoms with Gasteiger partial charge in [-0.2, -0.15) is 0 Å². The second-order valence-corrected chi connectivity index (χ2v) is 6.47. The maximum Gasteiger partial charge on any atom is 0.291 e. The number of aryl methyl sites for hydroxylation is 2. The van der Waals surface area contributed by atoms with Crippen LogP contribution in [0.4, 0.5) is 5.82 Å². The lowest BCUT2D eigenvalue weighted by Gasteiger charge is -2.14. The number of rotatable bonds is 4. The number of nitrogens with zero attached hydrogens (tertiary/aromatic N) is 4. The van der Waals surface area contributed by atoms with Gasteiger partial charge in [0.1, 0.15) is 17.7 Å². The molecule has 2 amide bonds. The highest BCUT2D eigenvalue weighted by Crippen LogP contribution is 2.20. The van der Waals surface area contributed by atoms with Crippen molar-refractivity contribution in [1.29, 1.82) is 0 Å². The topological polar surface area (TPSA) is 118 Å². The summed E-state index contributed by atoms with van der Waals surface area (Å²) in [7, 11) is 1.81. The predicted molar refractivity (Wildman–Crippen MR) is 97.0 cm³/mol. The summed E-state index contributed by atoms with van der Waals surface area (Å²) in [5.74, 6) is 0.525. The lowest BCUT2D eigenvalue weighted by Crippen LogP contribution is -2.43. The van der Waals surface area contributed by atoms with E-state index in [2.05, 4.69) is 30.8 Å². The molecule has 1 aliphatic rings. The zero-order chi connectivity index (χ0) is 18.8. The van der Waals surface area contributed by atoms with E-state index in [1.807, 2.05) is 37.4 Å². The van der Waals surface area contributed by atoms with Gasteiger partial charge in [0.15, 0.2) is 0 Å². The zero-order valence-corrected chi connectivity index (χ0v) is 14.8. The molecule has 1 atom stereocenters. The number of aromatic nitrogens is 5. The van der Waals surface area contributed by atoms with Gasteiger partial charge in [-0.05, 0) is 18.4 Å². The Morgan fingerprint density at radius 3 is 2.96 bits per heavy atom. The first-order valence-corrected chi connectivity index (χ1v) is 8.67. The third-order valence-electron chi connectivity index (χ3n) is 4.50. The summed E-state index contributed by atoms with van der Waals surface area (Å²) in [6.07, 6.45) is 3.26. The minimum absolute atomic E-state index is 0.0219. The standard InChI is InChI=1S/C18H19N7O2/c1-25-10-19-12-7-8-13(17(26)22-16(12)25)20-18(27)15-21-14(23-24-15)9-11-5-3-2-4-6-11/h2-6,10,13H,7-9H2,1H3,(H,20,27)(H,22,26)(H,21,23,24)/t13-/m0/s1. The molecule has 138 valence electrons. The average Bonchev–Trinajstić information content (AvgIpc) is 3.23. The largest absolute Gasteiger partial charge is 0.337 e. The molecule has 0 spiro atoms. The van der Waals surface area contributed by atoms with Crippen molar-refractivity contribution >= 4 is 17.6 Å². The van der Waals surface area contributed by atoms with Gasteiger partial charge < -0.3 is 15.2 Å². The van der Waals surface area contributed by atoms with Crippen molar-refractivity contribution in [2.24, 2.45) is 7.05 Å². The quantitative estimate of drug-likeness (QED) is 0.632. The SMILES string of the molecule is Cn1cnc2c1NC(=O)[C@@H](NC(=O)c1n[nH]c(Cc3ccccc3)n1)CC2. The van der Waals surface area contributed by atoms with E-state index in [1.54, 1.807) is 10.9 Å². The number of H-pyrrole nitrogens is 1. The Kier molecular flexibility index (Phi) is 4.41. The number of carbonyl (C=O) groups excluding carboxylic acids is 2. The highest BCUT2D eigenvalue weighted by atomic mass is 16.2. The van der Waals surface area contributed by atoms with Gasteiger partial charge in [-0.25, -0.2) is 9.97 Å². The number of carbonyl (C=O) groups is 2. The van der Waals surface area contributed by atoms with Crippen molar-refractivity contribution < 1.29 is 9.59 Å². The minimum Gasteiger partial charge on any atom is -0.337 e. The number of benzene rings is 1. The van der Waals surface area contributed by atoms with E-state index in [0.717, 1.165) is 11.3 Å². The smallest absolute Gasteiger partial charge is 0.291 e. The Bertz CT molecular complexity index is 977. The van der Waals surface area contributed by atoms with Gasteiger partial charge in [-0.1, -0.05) is 30.3 Å². The third-order valence-corrected chi connectivity index (χ3v) is 4.50. The summed E-state index contributed by atoms with van der Waals surface area (Å²) in [5, 5.41) is 12.3. The fourth-order valence-electron chi connectivity index (χ4n) is 3.06. The van der Waals surface area contributed by atoms with Crippen LogP contribution in [0.1, 0.15) is 34.1 Å². The minimum atomic E-state index is -0.664. The number of fused-ring (bicyclic) bond motifs is 1. The molecular weight excluding hydrogens is 346 g/mol. The summed E-state index contributed by atoms with van der Waals surface area (Å²) in [4.78, 5) is 33.4. The molecule has 0 aliphatic carbocycles. The number of amides is 2. The van der Waals surface area contributed by atoms with Crippen LogP contribution >= 0.6 is 0 Å². The third kappa shape index (κ3) is 3.57. The van der Waals surface area contributed by atoms with E-state index in [1.165, 1.54) is 0 Å². The predicted octanol–water partition coefficient (Wildman–Crippen LogP) is 0.812. The van der Waals surface area contributed by atoms with E-state index < -0.39 is 11.9 Å². The van der Waals surface area contributed by atoms with Crippen LogP contribution in [0.25, 0.3) is 0 Å². The van der Waals surface area contributed by atoms with Crippen LogP contribution in [0, 0.1) is 0 Å². The number of aromatic amines is 1. The summed E-state index contributed by atoms with van der Waals surface area (Å²) in [5.41, 5.74) is 1.87. The van der Waals surface area contributed by atoms with Crippen LogP contribution in [-0.4, -0.2) is 42.6 Å². The highest BCUT2D eigenvalue weighted by Gasteiger charge is 2.28. The maximum atomic E-state index is 12.5. The van der Waals surface area contributed by atoms with Gasteiger partial charge in [0.05, 0.1) is 12.0 Å². The lowest BCUT2D eigenvalue weighted by molar-refractivity contribution is -0.118. The first-order valence-electron chi connectivity index (χ1n) is 8.67. The molecule has 4 rings (SSSR count). The second-order valence-electron chi connectivity index (χ2n) is 6.47. The van der Waals surface area contributed by atoms with Crippen molar-refractivity contribution in [2.75, 3.05) is 5.32 Å². The Morgan fingerprint density at radius 2 is 2.15 bits per heavy atom. The molecule has 9 heteroatoms. The van der Waals surface area contributed by atoms with Crippen LogP contribution < -0.4 is 10.6 Å². The molecule has 0 unspecified atom stereocenters. The number of nitrogens with one attached hydrogen (secondary N) is 3. The van der Waals surface area contributed by atoms with Crippen molar-refractivity contribution in [1.82, 2.24) is 30.0 Å². The van der Waals surface area contributed by atoms with Gasteiger partial charge in [-0.15, -0.1) is 5.10 Å². The maximum absolute atomic E-state index is 12.5. The van der Waals surface area contributed by atoms with Crippen LogP contribution in [0.15, 0.2) is 36.7 Å². The molecule has 27 heavy (non-hydrogen) atoms. The molecular formula is C18H19N7O2. The molecule has 2 aromatic heterocycles. The van der Waals surface area contributed by atoms with E-state index in [-0.39, 0.29) is 11.7 Å². The molecule has 0 bridgehead atoms. The molecule has 3 heterocycles. The monoisotopic (exact) mass is 365 g/mol. The van der Waals surface area contributed by atoms with Gasteiger partial charge in [0, 0.05) is 13.5 Å². The Hall–Kier alpha value is -3.49. The molecule has 0 fully saturated rings. The highest BCUT2D eigenvalue weighted by molar-refractivity contribution is 6.00. The van der Waals surface area contributed by atoms with Crippen molar-refractivity contribution in [2.45, 2.75) is 25.3 Å². The van der Waals surface area contributed by atoms with Crippen LogP contribution in [-0.2, 0) is 24.7 Å². The number of hydrogen-bond acceptors (Lipinski definition) is 5. The number of anilines is 1. The molecule has 1 aliphatic heterocycles. The molecule has 0 saturated carbocycles. The molecule has 1 aromatic carbocycles. The molecule has 3 aromatic rings. The second kappa shape index (κ2) is 7.02. The summed E-state index contributed by atoms with van der Waals surface area (Å²) < 4.78 is 1.75. The summed E-state index contributed by atoms with van der Waals surface area (Å²) in [6, 6.07) is 9.11. The van der Waals surface area contributed by atoms with Gasteiger partial charge >= 0.3 is 0 Å². The summed E-state index contributed by atoms with van der Waals surface area (Å²) >= 11 is 0. The summed E-state index contributed by atoms with van der Waals surface area (Å²) in [6.45, 7) is 0. The fourth-order valence-corrected chi connectivity index (χ4v) is 3.06. The van der Waals surface area contributed by atoms with Crippen LogP contribution in [0.3, 0.4) is 0 Å². The lowest BCUT2D eigenvalue weighted by atomic mass is 10.1. The van der Waals surface area contributed by atoms with E-state index >= 15 is 0 Å². The van der Waals surface area contributed by atoms with Gasteiger partial charge in [0.25, 0.3) is 5.91 Å². The van der Waals surface area contributed by atoms with Crippen LogP contribution in [0.2, 0.25) is 0 Å². The number of hydrogen-bond donors (Lipinski definition) is 3. The van der Waals surface area contributed by atoms with Crippen molar-refractivity contribution in [3.63, 3.8) is 0 Å². The first-order chi connectivity index (χ1) is 13.1. The van der Waals surface area contributed by atoms with Gasteiger partial charge in [-0.3, -0.25) is 14.7 Å². The Labute approximate surface area is 155 Å². The van der Waals surface area contributed by atoms with E-state index in [4.69, 9.17) is 0 Å². The van der Waals surface area contributed by atoms with E-state index in [0.29, 0.717) is 30.9 Å². The van der Waals surface area contributed by atoms with Crippen molar-refractivity contribution in [3.8, 4) is 0 Å². The fraction of sp³-hybridized carbons (Fsp3) is 0.278.